The minimum atomic E-state index is 0.632. The second-order valence-corrected chi connectivity index (χ2v) is 7.05. The molecule has 122 valence electrons. The highest BCUT2D eigenvalue weighted by Crippen LogP contribution is 2.26. The van der Waals surface area contributed by atoms with Gasteiger partial charge < -0.3 is 13.9 Å². The van der Waals surface area contributed by atoms with Crippen LogP contribution in [0.3, 0.4) is 0 Å². The summed E-state index contributed by atoms with van der Waals surface area (Å²) >= 11 is 1.79. The number of nitrogens with zero attached hydrogens (tertiary/aromatic N) is 5. The number of thiophene rings is 1. The van der Waals surface area contributed by atoms with Gasteiger partial charge in [0.2, 0.25) is 0 Å². The quantitative estimate of drug-likeness (QED) is 0.557. The summed E-state index contributed by atoms with van der Waals surface area (Å²) in [5.41, 5.74) is 1.63. The Labute approximate surface area is 143 Å². The van der Waals surface area contributed by atoms with E-state index in [1.54, 1.807) is 30.3 Å². The molecular weight excluding hydrogens is 322 g/mol. The predicted octanol–water partition coefficient (Wildman–Crippen LogP) is 3.53. The third kappa shape index (κ3) is 2.78. The molecule has 0 radical (unpaired) electrons. The van der Waals surface area contributed by atoms with Crippen LogP contribution in [0.2, 0.25) is 0 Å². The average Bonchev–Trinajstić information content (AvgIpc) is 3.30. The zero-order valence-electron chi connectivity index (χ0n) is 13.5. The third-order valence-electron chi connectivity index (χ3n) is 3.85. The molecular formula is C17H17N5OS. The Morgan fingerprint density at radius 1 is 1.17 bits per heavy atom. The summed E-state index contributed by atoms with van der Waals surface area (Å²) in [6, 6.07) is 8.18. The molecule has 0 aliphatic carbocycles. The van der Waals surface area contributed by atoms with Gasteiger partial charge in [-0.15, -0.1) is 11.3 Å². The van der Waals surface area contributed by atoms with Gasteiger partial charge in [-0.2, -0.15) is 0 Å². The topological polar surface area (TPSA) is 60.0 Å². The van der Waals surface area contributed by atoms with E-state index in [1.807, 2.05) is 23.7 Å². The van der Waals surface area contributed by atoms with Crippen molar-refractivity contribution in [3.63, 3.8) is 0 Å². The van der Waals surface area contributed by atoms with Gasteiger partial charge in [-0.3, -0.25) is 0 Å². The van der Waals surface area contributed by atoms with E-state index in [2.05, 4.69) is 38.9 Å². The number of rotatable bonds is 5. The van der Waals surface area contributed by atoms with Gasteiger partial charge in [-0.1, -0.05) is 0 Å². The van der Waals surface area contributed by atoms with Crippen LogP contribution in [0, 0.1) is 6.92 Å². The van der Waals surface area contributed by atoms with Gasteiger partial charge in [-0.25, -0.2) is 15.0 Å². The van der Waals surface area contributed by atoms with E-state index in [9.17, 15) is 0 Å². The van der Waals surface area contributed by atoms with E-state index in [0.29, 0.717) is 6.54 Å². The lowest BCUT2D eigenvalue weighted by Gasteiger charge is -2.22. The van der Waals surface area contributed by atoms with Crippen LogP contribution >= 0.6 is 11.3 Å². The van der Waals surface area contributed by atoms with Crippen molar-refractivity contribution >= 4 is 28.3 Å². The number of hydrogen-bond acceptors (Lipinski definition) is 6. The molecule has 4 rings (SSSR count). The smallest absolute Gasteiger partial charge is 0.165 e. The van der Waals surface area contributed by atoms with Crippen LogP contribution in [0.5, 0.6) is 0 Å². The lowest BCUT2D eigenvalue weighted by molar-refractivity contribution is 0.501. The Morgan fingerprint density at radius 2 is 2.08 bits per heavy atom. The zero-order valence-corrected chi connectivity index (χ0v) is 14.3. The minimum Gasteiger partial charge on any atom is -0.467 e. The summed E-state index contributed by atoms with van der Waals surface area (Å²) < 4.78 is 7.44. The highest BCUT2D eigenvalue weighted by atomic mass is 32.1. The van der Waals surface area contributed by atoms with Gasteiger partial charge in [0, 0.05) is 16.8 Å². The number of furan rings is 1. The van der Waals surface area contributed by atoms with Gasteiger partial charge in [0.05, 0.1) is 25.7 Å². The molecule has 0 saturated carbocycles. The highest BCUT2D eigenvalue weighted by Gasteiger charge is 2.18. The van der Waals surface area contributed by atoms with Crippen LogP contribution in [-0.4, -0.2) is 19.5 Å². The van der Waals surface area contributed by atoms with E-state index in [-0.39, 0.29) is 0 Å². The Balaban J connectivity index is 1.75. The Morgan fingerprint density at radius 3 is 2.83 bits per heavy atom. The number of imidazole rings is 1. The van der Waals surface area contributed by atoms with Crippen molar-refractivity contribution in [3.05, 3.63) is 58.7 Å². The minimum absolute atomic E-state index is 0.632. The highest BCUT2D eigenvalue weighted by molar-refractivity contribution is 7.11. The summed E-state index contributed by atoms with van der Waals surface area (Å²) in [5, 5.41) is 0. The standard InChI is InChI=1S/C17H17N5OS/c1-12-5-6-14(24-12)9-22(8-13-4-3-7-23-13)17-15-16(18-10-19-17)21(2)11-20-15/h3-7,10-11H,8-9H2,1-2H3. The number of fused-ring (bicyclic) bond motifs is 1. The van der Waals surface area contributed by atoms with Crippen molar-refractivity contribution < 1.29 is 4.42 Å². The largest absolute Gasteiger partial charge is 0.467 e. The summed E-state index contributed by atoms with van der Waals surface area (Å²) in [6.45, 7) is 3.50. The fourth-order valence-electron chi connectivity index (χ4n) is 2.72. The maximum Gasteiger partial charge on any atom is 0.165 e. The maximum atomic E-state index is 5.54. The van der Waals surface area contributed by atoms with Crippen molar-refractivity contribution in [1.82, 2.24) is 19.5 Å². The van der Waals surface area contributed by atoms with Gasteiger partial charge in [0.1, 0.15) is 12.1 Å². The van der Waals surface area contributed by atoms with E-state index >= 15 is 0 Å². The van der Waals surface area contributed by atoms with Crippen LogP contribution in [0.1, 0.15) is 15.5 Å². The molecule has 4 aromatic rings. The molecule has 0 bridgehead atoms. The lowest BCUT2D eigenvalue weighted by Crippen LogP contribution is -2.23. The van der Waals surface area contributed by atoms with Crippen LogP contribution in [-0.2, 0) is 20.1 Å². The molecule has 0 aromatic carbocycles. The summed E-state index contributed by atoms with van der Waals surface area (Å²) in [6.07, 6.45) is 5.05. The summed E-state index contributed by atoms with van der Waals surface area (Å²) in [7, 11) is 1.94. The number of aryl methyl sites for hydroxylation is 2. The first kappa shape index (κ1) is 14.9. The molecule has 4 heterocycles. The predicted molar refractivity (Wildman–Crippen MR) is 94.0 cm³/mol. The number of anilines is 1. The lowest BCUT2D eigenvalue weighted by atomic mass is 10.3. The molecule has 0 saturated heterocycles. The Hall–Kier alpha value is -2.67. The van der Waals surface area contributed by atoms with E-state index < -0.39 is 0 Å². The fourth-order valence-corrected chi connectivity index (χ4v) is 3.63. The summed E-state index contributed by atoms with van der Waals surface area (Å²) in [4.78, 5) is 18.1. The molecule has 0 spiro atoms. The molecule has 0 atom stereocenters. The molecule has 6 nitrogen and oxygen atoms in total. The van der Waals surface area contributed by atoms with Crippen molar-refractivity contribution in [2.75, 3.05) is 4.90 Å². The Bertz CT molecular complexity index is 957. The maximum absolute atomic E-state index is 5.54. The fraction of sp³-hybridized carbons (Fsp3) is 0.235. The van der Waals surface area contributed by atoms with Gasteiger partial charge in [-0.05, 0) is 31.2 Å². The first-order valence-corrected chi connectivity index (χ1v) is 8.47. The molecule has 0 aliphatic heterocycles. The molecule has 0 amide bonds. The number of aromatic nitrogens is 4. The van der Waals surface area contributed by atoms with Gasteiger partial charge in [0.15, 0.2) is 17.0 Å². The first-order valence-electron chi connectivity index (χ1n) is 7.65. The van der Waals surface area contributed by atoms with E-state index in [0.717, 1.165) is 29.3 Å². The van der Waals surface area contributed by atoms with Crippen molar-refractivity contribution in [1.29, 1.82) is 0 Å². The SMILES string of the molecule is Cc1ccc(CN(Cc2ccco2)c2ncnc3c2ncn3C)s1. The third-order valence-corrected chi connectivity index (χ3v) is 4.83. The van der Waals surface area contributed by atoms with Crippen LogP contribution < -0.4 is 4.90 Å². The number of hydrogen-bond donors (Lipinski definition) is 0. The van der Waals surface area contributed by atoms with Gasteiger partial charge in [0.25, 0.3) is 0 Å². The second kappa shape index (κ2) is 6.09. The first-order chi connectivity index (χ1) is 11.7. The zero-order chi connectivity index (χ0) is 16.5. The molecule has 0 aliphatic rings. The van der Waals surface area contributed by atoms with Crippen molar-refractivity contribution in [3.8, 4) is 0 Å². The summed E-state index contributed by atoms with van der Waals surface area (Å²) in [5.74, 6) is 1.72. The molecule has 7 heteroatoms. The molecule has 0 unspecified atom stereocenters. The van der Waals surface area contributed by atoms with Crippen LogP contribution in [0.15, 0.2) is 47.6 Å². The second-order valence-electron chi connectivity index (χ2n) is 5.67. The normalized spacial score (nSPS) is 11.2. The van der Waals surface area contributed by atoms with Gasteiger partial charge >= 0.3 is 0 Å². The van der Waals surface area contributed by atoms with E-state index in [1.165, 1.54) is 9.75 Å². The van der Waals surface area contributed by atoms with Crippen LogP contribution in [0.4, 0.5) is 5.82 Å². The van der Waals surface area contributed by atoms with Crippen molar-refractivity contribution in [2.24, 2.45) is 7.05 Å². The molecule has 0 fully saturated rings. The molecule has 0 N–H and O–H groups in total. The Kier molecular flexibility index (Phi) is 3.78. The van der Waals surface area contributed by atoms with Crippen LogP contribution in [0.25, 0.3) is 11.2 Å². The molecule has 4 aromatic heterocycles. The average molecular weight is 339 g/mol. The van der Waals surface area contributed by atoms with E-state index in [4.69, 9.17) is 4.42 Å². The molecule has 24 heavy (non-hydrogen) atoms. The monoisotopic (exact) mass is 339 g/mol. The van der Waals surface area contributed by atoms with Crippen molar-refractivity contribution in [2.45, 2.75) is 20.0 Å².